The monoisotopic (exact) mass is 390 g/mol. The topological polar surface area (TPSA) is 58.1 Å². The summed E-state index contributed by atoms with van der Waals surface area (Å²) in [5.41, 5.74) is 3.54. The zero-order valence-corrected chi connectivity index (χ0v) is 16.5. The molecule has 29 heavy (non-hydrogen) atoms. The highest BCUT2D eigenvalue weighted by atomic mass is 19.1. The summed E-state index contributed by atoms with van der Waals surface area (Å²) in [7, 11) is 0. The summed E-state index contributed by atoms with van der Waals surface area (Å²) < 4.78 is 13.0. The van der Waals surface area contributed by atoms with Gasteiger partial charge in [-0.05, 0) is 56.0 Å². The molecule has 5 nitrogen and oxygen atoms in total. The van der Waals surface area contributed by atoms with Crippen LogP contribution in [0.25, 0.3) is 0 Å². The Hall–Kier alpha value is -3.28. The van der Waals surface area contributed by atoms with Crippen LogP contribution in [0.5, 0.6) is 0 Å². The summed E-state index contributed by atoms with van der Waals surface area (Å²) in [5.74, 6) is 0.798. The average molecular weight is 390 g/mol. The molecule has 0 fully saturated rings. The third kappa shape index (κ3) is 4.11. The molecule has 0 spiro atoms. The number of anilines is 2. The third-order valence-electron chi connectivity index (χ3n) is 5.12. The van der Waals surface area contributed by atoms with Crippen molar-refractivity contribution in [2.45, 2.75) is 32.7 Å². The zero-order chi connectivity index (χ0) is 20.4. The quantitative estimate of drug-likeness (QED) is 0.710. The van der Waals surface area contributed by atoms with E-state index in [1.807, 2.05) is 30.0 Å². The molecule has 0 saturated carbocycles. The fraction of sp³-hybridized carbons (Fsp3) is 0.261. The minimum atomic E-state index is -0.242. The van der Waals surface area contributed by atoms with E-state index in [1.54, 1.807) is 25.1 Å². The van der Waals surface area contributed by atoms with Gasteiger partial charge in [0.25, 0.3) is 5.91 Å². The van der Waals surface area contributed by atoms with E-state index in [0.717, 1.165) is 24.1 Å². The summed E-state index contributed by atoms with van der Waals surface area (Å²) in [6.45, 7) is 4.45. The number of nitrogens with zero attached hydrogens (tertiary/aromatic N) is 3. The molecule has 0 bridgehead atoms. The van der Waals surface area contributed by atoms with E-state index in [9.17, 15) is 9.18 Å². The zero-order valence-electron chi connectivity index (χ0n) is 16.5. The van der Waals surface area contributed by atoms with Crippen molar-refractivity contribution in [3.05, 3.63) is 83.1 Å². The number of fused-ring (bicyclic) bond motifs is 1. The van der Waals surface area contributed by atoms with Gasteiger partial charge in [0.05, 0.1) is 0 Å². The second-order valence-corrected chi connectivity index (χ2v) is 7.35. The first-order valence-electron chi connectivity index (χ1n) is 9.77. The number of aryl methyl sites for hydroxylation is 1. The minimum Gasteiger partial charge on any atom is -0.370 e. The molecular weight excluding hydrogens is 367 g/mol. The Kier molecular flexibility index (Phi) is 5.25. The molecule has 4 rings (SSSR count). The molecule has 1 unspecified atom stereocenters. The lowest BCUT2D eigenvalue weighted by Gasteiger charge is -2.22. The number of rotatable bonds is 5. The number of aromatic nitrogens is 2. The molecule has 1 amide bonds. The maximum Gasteiger partial charge on any atom is 0.277 e. The minimum absolute atomic E-state index is 0.0880. The van der Waals surface area contributed by atoms with Crippen molar-refractivity contribution >= 4 is 17.4 Å². The first-order valence-corrected chi connectivity index (χ1v) is 9.77. The maximum absolute atomic E-state index is 13.2. The summed E-state index contributed by atoms with van der Waals surface area (Å²) in [6.07, 6.45) is 1.57. The van der Waals surface area contributed by atoms with Gasteiger partial charge in [-0.15, -0.1) is 0 Å². The fourth-order valence-corrected chi connectivity index (χ4v) is 3.75. The van der Waals surface area contributed by atoms with E-state index in [2.05, 4.69) is 21.4 Å². The fourth-order valence-electron chi connectivity index (χ4n) is 3.75. The standard InChI is InChI=1S/C23H23FN4O/c1-15-13-18-5-3-4-6-21(18)28(15)23(29)20-14-22(27-16(2)26-20)25-12-11-17-7-9-19(24)10-8-17/h3-10,14-15H,11-13H2,1-2H3,(H,25,26,27). The Balaban J connectivity index is 1.49. The van der Waals surface area contributed by atoms with Gasteiger partial charge in [-0.3, -0.25) is 4.79 Å². The lowest BCUT2D eigenvalue weighted by atomic mass is 10.1. The number of halogens is 1. The number of benzene rings is 2. The number of para-hydroxylation sites is 1. The van der Waals surface area contributed by atoms with Crippen LogP contribution in [0.15, 0.2) is 54.6 Å². The van der Waals surface area contributed by atoms with Gasteiger partial charge in [-0.1, -0.05) is 30.3 Å². The molecule has 1 atom stereocenters. The second-order valence-electron chi connectivity index (χ2n) is 7.35. The molecule has 2 aromatic carbocycles. The second kappa shape index (κ2) is 7.99. The summed E-state index contributed by atoms with van der Waals surface area (Å²) in [4.78, 5) is 23.8. The van der Waals surface area contributed by atoms with Crippen LogP contribution in [0.2, 0.25) is 0 Å². The maximum atomic E-state index is 13.2. The summed E-state index contributed by atoms with van der Waals surface area (Å²) in [5, 5.41) is 3.25. The van der Waals surface area contributed by atoms with Gasteiger partial charge < -0.3 is 10.2 Å². The molecule has 0 saturated heterocycles. The van der Waals surface area contributed by atoms with Gasteiger partial charge in [0, 0.05) is 24.3 Å². The number of carbonyl (C=O) groups excluding carboxylic acids is 1. The molecule has 1 N–H and O–H groups in total. The van der Waals surface area contributed by atoms with Crippen molar-refractivity contribution in [3.63, 3.8) is 0 Å². The first kappa shape index (κ1) is 19.1. The van der Waals surface area contributed by atoms with Crippen LogP contribution in [0.4, 0.5) is 15.9 Å². The van der Waals surface area contributed by atoms with Gasteiger partial charge in [0.15, 0.2) is 0 Å². The van der Waals surface area contributed by atoms with E-state index in [0.29, 0.717) is 23.9 Å². The van der Waals surface area contributed by atoms with Crippen LogP contribution < -0.4 is 10.2 Å². The van der Waals surface area contributed by atoms with Crippen LogP contribution in [0.3, 0.4) is 0 Å². The predicted molar refractivity (Wildman–Crippen MR) is 112 cm³/mol. The van der Waals surface area contributed by atoms with Crippen molar-refractivity contribution < 1.29 is 9.18 Å². The Morgan fingerprint density at radius 1 is 1.17 bits per heavy atom. The molecule has 2 heterocycles. The Labute approximate surface area is 169 Å². The molecule has 148 valence electrons. The van der Waals surface area contributed by atoms with Crippen LogP contribution in [0, 0.1) is 12.7 Å². The van der Waals surface area contributed by atoms with E-state index in [4.69, 9.17) is 0 Å². The molecule has 1 aromatic heterocycles. The Bertz CT molecular complexity index is 1040. The van der Waals surface area contributed by atoms with Crippen LogP contribution in [-0.2, 0) is 12.8 Å². The average Bonchev–Trinajstić information content (AvgIpc) is 3.04. The van der Waals surface area contributed by atoms with Gasteiger partial charge >= 0.3 is 0 Å². The number of hydrogen-bond donors (Lipinski definition) is 1. The number of hydrogen-bond acceptors (Lipinski definition) is 4. The summed E-state index contributed by atoms with van der Waals surface area (Å²) >= 11 is 0. The highest BCUT2D eigenvalue weighted by molar-refractivity contribution is 6.06. The van der Waals surface area contributed by atoms with E-state index >= 15 is 0 Å². The highest BCUT2D eigenvalue weighted by Gasteiger charge is 2.32. The normalized spacial score (nSPS) is 15.3. The van der Waals surface area contributed by atoms with Crippen molar-refractivity contribution in [2.75, 3.05) is 16.8 Å². The molecule has 1 aliphatic rings. The molecule has 0 radical (unpaired) electrons. The molecule has 3 aromatic rings. The SMILES string of the molecule is Cc1nc(NCCc2ccc(F)cc2)cc(C(=O)N2c3ccccc3CC2C)n1. The van der Waals surface area contributed by atoms with Crippen molar-refractivity contribution in [1.29, 1.82) is 0 Å². The van der Waals surface area contributed by atoms with Crippen LogP contribution in [-0.4, -0.2) is 28.5 Å². The van der Waals surface area contributed by atoms with Crippen LogP contribution >= 0.6 is 0 Å². The first-order chi connectivity index (χ1) is 14.0. The van der Waals surface area contributed by atoms with Gasteiger partial charge in [-0.25, -0.2) is 14.4 Å². The molecule has 6 heteroatoms. The van der Waals surface area contributed by atoms with Gasteiger partial charge in [0.1, 0.15) is 23.2 Å². The smallest absolute Gasteiger partial charge is 0.277 e. The number of amides is 1. The van der Waals surface area contributed by atoms with Crippen molar-refractivity contribution in [3.8, 4) is 0 Å². The molecular formula is C23H23FN4O. The van der Waals surface area contributed by atoms with E-state index in [1.165, 1.54) is 17.7 Å². The third-order valence-corrected chi connectivity index (χ3v) is 5.12. The van der Waals surface area contributed by atoms with Gasteiger partial charge in [-0.2, -0.15) is 0 Å². The van der Waals surface area contributed by atoms with E-state index < -0.39 is 0 Å². The number of nitrogens with one attached hydrogen (secondary N) is 1. The largest absolute Gasteiger partial charge is 0.370 e. The van der Waals surface area contributed by atoms with Gasteiger partial charge in [0.2, 0.25) is 0 Å². The van der Waals surface area contributed by atoms with Crippen molar-refractivity contribution in [2.24, 2.45) is 0 Å². The predicted octanol–water partition coefficient (Wildman–Crippen LogP) is 4.17. The van der Waals surface area contributed by atoms with Crippen LogP contribution in [0.1, 0.15) is 34.4 Å². The highest BCUT2D eigenvalue weighted by Crippen LogP contribution is 2.33. The van der Waals surface area contributed by atoms with Crippen molar-refractivity contribution in [1.82, 2.24) is 9.97 Å². The molecule has 0 aliphatic carbocycles. The Morgan fingerprint density at radius 2 is 1.93 bits per heavy atom. The summed E-state index contributed by atoms with van der Waals surface area (Å²) in [6, 6.07) is 16.2. The Morgan fingerprint density at radius 3 is 2.72 bits per heavy atom. The number of carbonyl (C=O) groups is 1. The lowest BCUT2D eigenvalue weighted by molar-refractivity contribution is 0.0976. The lowest BCUT2D eigenvalue weighted by Crippen LogP contribution is -2.36. The van der Waals surface area contributed by atoms with E-state index in [-0.39, 0.29) is 17.8 Å². The molecule has 1 aliphatic heterocycles.